The first-order valence-corrected chi connectivity index (χ1v) is 11.3. The molecule has 2 aliphatic rings. The fourth-order valence-electron chi connectivity index (χ4n) is 3.57. The van der Waals surface area contributed by atoms with Gasteiger partial charge in [-0.25, -0.2) is 8.42 Å². The van der Waals surface area contributed by atoms with E-state index in [0.29, 0.717) is 18.5 Å². The van der Waals surface area contributed by atoms with Gasteiger partial charge in [-0.3, -0.25) is 9.59 Å². The molecular weight excluding hydrogens is 366 g/mol. The molecule has 1 aliphatic carbocycles. The van der Waals surface area contributed by atoms with Crippen molar-refractivity contribution in [3.05, 3.63) is 24.3 Å². The zero-order valence-corrected chi connectivity index (χ0v) is 16.6. The van der Waals surface area contributed by atoms with Gasteiger partial charge in [-0.05, 0) is 51.0 Å². The highest BCUT2D eigenvalue weighted by molar-refractivity contribution is 7.91. The van der Waals surface area contributed by atoms with E-state index in [9.17, 15) is 18.0 Å². The van der Waals surface area contributed by atoms with Crippen molar-refractivity contribution in [2.75, 3.05) is 34.8 Å². The van der Waals surface area contributed by atoms with E-state index in [0.717, 1.165) is 18.8 Å². The fourth-order valence-corrected chi connectivity index (χ4v) is 5.24. The number of nitrogens with one attached hydrogen (secondary N) is 2. The number of rotatable bonds is 7. The quantitative estimate of drug-likeness (QED) is 0.730. The van der Waals surface area contributed by atoms with Crippen LogP contribution in [0, 0.1) is 11.8 Å². The third-order valence-electron chi connectivity index (χ3n) is 5.31. The summed E-state index contributed by atoms with van der Waals surface area (Å²) in [7, 11) is -3.03. The van der Waals surface area contributed by atoms with Gasteiger partial charge in [-0.1, -0.05) is 0 Å². The van der Waals surface area contributed by atoms with Crippen molar-refractivity contribution in [2.45, 2.75) is 32.7 Å². The third kappa shape index (κ3) is 4.80. The number of hydrogen-bond acceptors (Lipinski definition) is 5. The Labute approximate surface area is 160 Å². The van der Waals surface area contributed by atoms with Crippen molar-refractivity contribution >= 4 is 33.0 Å². The molecule has 7 nitrogen and oxygen atoms in total. The zero-order chi connectivity index (χ0) is 19.6. The van der Waals surface area contributed by atoms with Crippen molar-refractivity contribution in [2.24, 2.45) is 11.8 Å². The van der Waals surface area contributed by atoms with Crippen LogP contribution in [0.1, 0.15) is 26.7 Å². The maximum absolute atomic E-state index is 12.4. The number of carbonyl (C=O) groups is 2. The smallest absolute Gasteiger partial charge is 0.228 e. The number of carbonyl (C=O) groups excluding carboxylic acids is 2. The average molecular weight is 394 g/mol. The van der Waals surface area contributed by atoms with E-state index in [2.05, 4.69) is 29.4 Å². The van der Waals surface area contributed by atoms with Crippen LogP contribution < -0.4 is 15.5 Å². The predicted molar refractivity (Wildman–Crippen MR) is 105 cm³/mol. The molecule has 1 aromatic carbocycles. The molecule has 27 heavy (non-hydrogen) atoms. The normalized spacial score (nSPS) is 25.6. The highest BCUT2D eigenvalue weighted by Gasteiger charge is 2.48. The highest BCUT2D eigenvalue weighted by atomic mass is 32.2. The summed E-state index contributed by atoms with van der Waals surface area (Å²) in [6.07, 6.45) is 0.964. The molecule has 2 N–H and O–H groups in total. The Morgan fingerprint density at radius 2 is 1.70 bits per heavy atom. The second kappa shape index (κ2) is 7.88. The van der Waals surface area contributed by atoms with Crippen LogP contribution in [0.25, 0.3) is 0 Å². The number of amides is 2. The minimum absolute atomic E-state index is 0.00120. The zero-order valence-electron chi connectivity index (χ0n) is 15.8. The van der Waals surface area contributed by atoms with Gasteiger partial charge in [0.1, 0.15) is 0 Å². The van der Waals surface area contributed by atoms with Gasteiger partial charge in [0.2, 0.25) is 11.8 Å². The van der Waals surface area contributed by atoms with E-state index < -0.39 is 9.84 Å². The second-order valence-electron chi connectivity index (χ2n) is 7.27. The Balaban J connectivity index is 1.49. The lowest BCUT2D eigenvalue weighted by Crippen LogP contribution is -2.37. The molecule has 1 aromatic rings. The van der Waals surface area contributed by atoms with Gasteiger partial charge in [-0.2, -0.15) is 0 Å². The first kappa shape index (κ1) is 19.7. The summed E-state index contributed by atoms with van der Waals surface area (Å²) in [5, 5.41) is 5.64. The maximum Gasteiger partial charge on any atom is 0.228 e. The van der Waals surface area contributed by atoms with Crippen LogP contribution >= 0.6 is 0 Å². The summed E-state index contributed by atoms with van der Waals surface area (Å²) < 4.78 is 22.9. The molecule has 0 aromatic heterocycles. The van der Waals surface area contributed by atoms with Crippen LogP contribution in [0.2, 0.25) is 0 Å². The lowest BCUT2D eigenvalue weighted by atomic mass is 10.2. The number of benzene rings is 1. The van der Waals surface area contributed by atoms with Crippen LogP contribution in [0.3, 0.4) is 0 Å². The summed E-state index contributed by atoms with van der Waals surface area (Å²) in [5.74, 6) is -0.954. The van der Waals surface area contributed by atoms with Gasteiger partial charge in [0.15, 0.2) is 9.84 Å². The summed E-state index contributed by atoms with van der Waals surface area (Å²) in [5.41, 5.74) is 1.82. The molecule has 1 aliphatic heterocycles. The lowest BCUT2D eigenvalue weighted by molar-refractivity contribution is -0.125. The molecule has 0 bridgehead atoms. The van der Waals surface area contributed by atoms with Gasteiger partial charge in [0.25, 0.3) is 0 Å². The molecular formula is C19H27N3O4S. The van der Waals surface area contributed by atoms with E-state index in [1.807, 2.05) is 24.3 Å². The molecule has 3 atom stereocenters. The van der Waals surface area contributed by atoms with Crippen LogP contribution in [-0.4, -0.2) is 50.9 Å². The van der Waals surface area contributed by atoms with Crippen molar-refractivity contribution in [3.8, 4) is 0 Å². The lowest BCUT2D eigenvalue weighted by Gasteiger charge is -2.21. The van der Waals surface area contributed by atoms with Crippen molar-refractivity contribution in [1.82, 2.24) is 5.32 Å². The molecule has 8 heteroatoms. The Morgan fingerprint density at radius 3 is 2.26 bits per heavy atom. The molecule has 0 spiro atoms. The summed E-state index contributed by atoms with van der Waals surface area (Å²) in [6.45, 7) is 6.03. The minimum atomic E-state index is -3.03. The van der Waals surface area contributed by atoms with E-state index in [-0.39, 0.29) is 41.2 Å². The molecule has 3 rings (SSSR count). The minimum Gasteiger partial charge on any atom is -0.372 e. The van der Waals surface area contributed by atoms with E-state index in [1.165, 1.54) is 0 Å². The summed E-state index contributed by atoms with van der Waals surface area (Å²) >= 11 is 0. The van der Waals surface area contributed by atoms with E-state index in [4.69, 9.17) is 0 Å². The topological polar surface area (TPSA) is 95.6 Å². The standard InChI is InChI=1S/C19H27N3O4S/c1-3-22(4-2)15-7-5-13(6-8-15)20-18(23)16-11-17(16)19(24)21-14-9-10-27(25,26)12-14/h5-8,14,16-17H,3-4,9-12H2,1-2H3,(H,20,23)(H,21,24). The Hall–Kier alpha value is -2.09. The molecule has 0 radical (unpaired) electrons. The third-order valence-corrected chi connectivity index (χ3v) is 7.07. The molecule has 1 heterocycles. The molecule has 148 valence electrons. The Kier molecular flexibility index (Phi) is 5.74. The number of hydrogen-bond donors (Lipinski definition) is 2. The SMILES string of the molecule is CCN(CC)c1ccc(NC(=O)C2CC2C(=O)NC2CCS(=O)(=O)C2)cc1. The van der Waals surface area contributed by atoms with E-state index in [1.54, 1.807) is 0 Å². The fraction of sp³-hybridized carbons (Fsp3) is 0.579. The van der Waals surface area contributed by atoms with E-state index >= 15 is 0 Å². The Bertz CT molecular complexity index is 803. The molecule has 1 saturated heterocycles. The maximum atomic E-state index is 12.4. The van der Waals surface area contributed by atoms with Crippen molar-refractivity contribution in [1.29, 1.82) is 0 Å². The number of sulfone groups is 1. The van der Waals surface area contributed by atoms with Crippen LogP contribution in [0.15, 0.2) is 24.3 Å². The summed E-state index contributed by atoms with van der Waals surface area (Å²) in [4.78, 5) is 26.8. The van der Waals surface area contributed by atoms with Crippen LogP contribution in [-0.2, 0) is 19.4 Å². The number of nitrogens with zero attached hydrogens (tertiary/aromatic N) is 1. The van der Waals surface area contributed by atoms with Crippen LogP contribution in [0.5, 0.6) is 0 Å². The summed E-state index contributed by atoms with van der Waals surface area (Å²) in [6, 6.07) is 7.36. The average Bonchev–Trinajstić information content (AvgIpc) is 3.36. The van der Waals surface area contributed by atoms with Gasteiger partial charge in [-0.15, -0.1) is 0 Å². The first-order chi connectivity index (χ1) is 12.8. The molecule has 1 saturated carbocycles. The van der Waals surface area contributed by atoms with Crippen LogP contribution in [0.4, 0.5) is 11.4 Å². The number of anilines is 2. The monoisotopic (exact) mass is 393 g/mol. The van der Waals surface area contributed by atoms with Gasteiger partial charge in [0.05, 0.1) is 23.3 Å². The van der Waals surface area contributed by atoms with Gasteiger partial charge >= 0.3 is 0 Å². The van der Waals surface area contributed by atoms with Gasteiger partial charge in [0, 0.05) is 30.5 Å². The molecule has 2 amide bonds. The largest absolute Gasteiger partial charge is 0.372 e. The molecule has 3 unspecified atom stereocenters. The highest BCUT2D eigenvalue weighted by Crippen LogP contribution is 2.39. The van der Waals surface area contributed by atoms with Crippen molar-refractivity contribution in [3.63, 3.8) is 0 Å². The van der Waals surface area contributed by atoms with Crippen molar-refractivity contribution < 1.29 is 18.0 Å². The van der Waals surface area contributed by atoms with Gasteiger partial charge < -0.3 is 15.5 Å². The Morgan fingerprint density at radius 1 is 1.07 bits per heavy atom. The second-order valence-corrected chi connectivity index (χ2v) is 9.49. The first-order valence-electron chi connectivity index (χ1n) is 9.49. The predicted octanol–water partition coefficient (Wildman–Crippen LogP) is 1.41. The molecule has 2 fully saturated rings.